The fraction of sp³-hybridized carbons (Fsp3) is 0.300. The molecule has 27 heavy (non-hydrogen) atoms. The number of benzene rings is 2. The normalized spacial score (nSPS) is 11.7. The lowest BCUT2D eigenvalue weighted by Gasteiger charge is -2.24. The standard InChI is InChI=1S/C20H24N2O4S/c1-5-20(2,3)22-18(23)14-10-12-15(13-11-14)21-19(24)16-8-6-7-9-17(16)27(4,25)26/h6-13H,5H2,1-4H3,(H,21,24)(H,22,23). The molecule has 7 heteroatoms. The summed E-state index contributed by atoms with van der Waals surface area (Å²) in [6.07, 6.45) is 1.86. The molecule has 2 aromatic carbocycles. The summed E-state index contributed by atoms with van der Waals surface area (Å²) in [5, 5.41) is 5.60. The number of amides is 2. The lowest BCUT2D eigenvalue weighted by atomic mass is 10.0. The molecule has 0 aliphatic carbocycles. The first-order valence-electron chi connectivity index (χ1n) is 8.56. The third kappa shape index (κ3) is 5.40. The van der Waals surface area contributed by atoms with E-state index in [4.69, 9.17) is 0 Å². The molecule has 0 bridgehead atoms. The number of rotatable bonds is 6. The molecule has 0 fully saturated rings. The Labute approximate surface area is 159 Å². The Balaban J connectivity index is 2.16. The minimum Gasteiger partial charge on any atom is -0.347 e. The number of carbonyl (C=O) groups excluding carboxylic acids is 2. The summed E-state index contributed by atoms with van der Waals surface area (Å²) in [6, 6.07) is 12.5. The molecule has 2 rings (SSSR count). The highest BCUT2D eigenvalue weighted by atomic mass is 32.2. The zero-order valence-electron chi connectivity index (χ0n) is 15.9. The highest BCUT2D eigenvalue weighted by molar-refractivity contribution is 7.90. The molecule has 6 nitrogen and oxygen atoms in total. The van der Waals surface area contributed by atoms with Gasteiger partial charge in [-0.3, -0.25) is 9.59 Å². The Morgan fingerprint density at radius 3 is 2.11 bits per heavy atom. The van der Waals surface area contributed by atoms with Gasteiger partial charge in [-0.05, 0) is 56.7 Å². The average molecular weight is 388 g/mol. The molecule has 0 saturated carbocycles. The largest absolute Gasteiger partial charge is 0.347 e. The highest BCUT2D eigenvalue weighted by Crippen LogP contribution is 2.18. The minimum absolute atomic E-state index is 0.0275. The van der Waals surface area contributed by atoms with Crippen molar-refractivity contribution in [2.45, 2.75) is 37.6 Å². The van der Waals surface area contributed by atoms with Crippen LogP contribution in [0.1, 0.15) is 47.9 Å². The number of hydrogen-bond donors (Lipinski definition) is 2. The number of hydrogen-bond acceptors (Lipinski definition) is 4. The van der Waals surface area contributed by atoms with E-state index in [1.807, 2.05) is 20.8 Å². The van der Waals surface area contributed by atoms with Crippen molar-refractivity contribution in [1.82, 2.24) is 5.32 Å². The van der Waals surface area contributed by atoms with Gasteiger partial charge in [0.05, 0.1) is 10.5 Å². The molecule has 0 aliphatic heterocycles. The van der Waals surface area contributed by atoms with Crippen LogP contribution >= 0.6 is 0 Å². The van der Waals surface area contributed by atoms with Crippen LogP contribution in [0.5, 0.6) is 0 Å². The maximum Gasteiger partial charge on any atom is 0.256 e. The van der Waals surface area contributed by atoms with E-state index in [0.29, 0.717) is 11.3 Å². The predicted octanol–water partition coefficient (Wildman–Crippen LogP) is 3.26. The van der Waals surface area contributed by atoms with Crippen molar-refractivity contribution in [3.8, 4) is 0 Å². The smallest absolute Gasteiger partial charge is 0.256 e. The molecule has 144 valence electrons. The molecule has 2 aromatic rings. The van der Waals surface area contributed by atoms with E-state index in [2.05, 4.69) is 10.6 Å². The van der Waals surface area contributed by atoms with Crippen LogP contribution in [0.2, 0.25) is 0 Å². The van der Waals surface area contributed by atoms with E-state index in [9.17, 15) is 18.0 Å². The summed E-state index contributed by atoms with van der Waals surface area (Å²) in [5.74, 6) is -0.720. The summed E-state index contributed by atoms with van der Waals surface area (Å²) in [4.78, 5) is 24.7. The Hall–Kier alpha value is -2.67. The van der Waals surface area contributed by atoms with Gasteiger partial charge in [-0.15, -0.1) is 0 Å². The predicted molar refractivity (Wildman–Crippen MR) is 106 cm³/mol. The SMILES string of the molecule is CCC(C)(C)NC(=O)c1ccc(NC(=O)c2ccccc2S(C)(=O)=O)cc1. The van der Waals surface area contributed by atoms with E-state index < -0.39 is 15.7 Å². The highest BCUT2D eigenvalue weighted by Gasteiger charge is 2.20. The average Bonchev–Trinajstić information content (AvgIpc) is 2.61. The van der Waals surface area contributed by atoms with Crippen LogP contribution in [0.15, 0.2) is 53.4 Å². The fourth-order valence-corrected chi connectivity index (χ4v) is 3.23. The van der Waals surface area contributed by atoms with Crippen molar-refractivity contribution in [1.29, 1.82) is 0 Å². The molecule has 0 atom stereocenters. The van der Waals surface area contributed by atoms with Gasteiger partial charge in [-0.25, -0.2) is 8.42 Å². The molecular formula is C20H24N2O4S. The summed E-state index contributed by atoms with van der Waals surface area (Å²) in [7, 11) is -3.52. The molecule has 2 N–H and O–H groups in total. The van der Waals surface area contributed by atoms with Crippen molar-refractivity contribution in [2.24, 2.45) is 0 Å². The number of sulfone groups is 1. The van der Waals surface area contributed by atoms with Gasteiger partial charge in [-0.1, -0.05) is 19.1 Å². The van der Waals surface area contributed by atoms with Gasteiger partial charge < -0.3 is 10.6 Å². The van der Waals surface area contributed by atoms with E-state index >= 15 is 0 Å². The maximum atomic E-state index is 12.5. The summed E-state index contributed by atoms with van der Waals surface area (Å²) in [5.41, 5.74) is 0.714. The zero-order chi connectivity index (χ0) is 20.2. The van der Waals surface area contributed by atoms with Gasteiger partial charge in [0.1, 0.15) is 0 Å². The van der Waals surface area contributed by atoms with Gasteiger partial charge in [0.2, 0.25) is 0 Å². The third-order valence-corrected chi connectivity index (χ3v) is 5.43. The van der Waals surface area contributed by atoms with Crippen LogP contribution in [0.25, 0.3) is 0 Å². The van der Waals surface area contributed by atoms with Crippen LogP contribution in [0, 0.1) is 0 Å². The van der Waals surface area contributed by atoms with Gasteiger partial charge in [0.25, 0.3) is 11.8 Å². The van der Waals surface area contributed by atoms with Crippen LogP contribution in [-0.2, 0) is 9.84 Å². The summed E-state index contributed by atoms with van der Waals surface area (Å²) >= 11 is 0. The van der Waals surface area contributed by atoms with E-state index in [1.165, 1.54) is 12.1 Å². The molecule has 0 unspecified atom stereocenters. The molecule has 0 aliphatic rings. The van der Waals surface area contributed by atoms with E-state index in [-0.39, 0.29) is 21.9 Å². The van der Waals surface area contributed by atoms with Crippen LogP contribution in [0.3, 0.4) is 0 Å². The van der Waals surface area contributed by atoms with Crippen molar-refractivity contribution in [2.75, 3.05) is 11.6 Å². The first-order chi connectivity index (χ1) is 12.5. The summed E-state index contributed by atoms with van der Waals surface area (Å²) in [6.45, 7) is 5.88. The van der Waals surface area contributed by atoms with E-state index in [1.54, 1.807) is 36.4 Å². The zero-order valence-corrected chi connectivity index (χ0v) is 16.7. The molecular weight excluding hydrogens is 364 g/mol. The summed E-state index contributed by atoms with van der Waals surface area (Å²) < 4.78 is 23.7. The third-order valence-electron chi connectivity index (χ3n) is 4.27. The first kappa shape index (κ1) is 20.6. The second-order valence-electron chi connectivity index (χ2n) is 6.99. The molecule has 0 aromatic heterocycles. The molecule has 2 amide bonds. The second kappa shape index (κ2) is 7.92. The quantitative estimate of drug-likeness (QED) is 0.794. The maximum absolute atomic E-state index is 12.5. The molecule has 0 radical (unpaired) electrons. The Morgan fingerprint density at radius 2 is 1.56 bits per heavy atom. The van der Waals surface area contributed by atoms with Crippen molar-refractivity contribution < 1.29 is 18.0 Å². The van der Waals surface area contributed by atoms with Crippen LogP contribution < -0.4 is 10.6 Å². The van der Waals surface area contributed by atoms with Crippen LogP contribution in [-0.4, -0.2) is 32.0 Å². The van der Waals surface area contributed by atoms with Gasteiger partial charge in [-0.2, -0.15) is 0 Å². The minimum atomic E-state index is -3.52. The second-order valence-corrected chi connectivity index (χ2v) is 8.98. The number of anilines is 1. The molecule has 0 spiro atoms. The lowest BCUT2D eigenvalue weighted by Crippen LogP contribution is -2.42. The molecule has 0 saturated heterocycles. The van der Waals surface area contributed by atoms with Gasteiger partial charge in [0.15, 0.2) is 9.84 Å². The molecule has 0 heterocycles. The Kier molecular flexibility index (Phi) is 6.05. The number of nitrogens with one attached hydrogen (secondary N) is 2. The van der Waals surface area contributed by atoms with Crippen molar-refractivity contribution >= 4 is 27.3 Å². The monoisotopic (exact) mass is 388 g/mol. The van der Waals surface area contributed by atoms with Gasteiger partial charge in [0, 0.05) is 23.0 Å². The topological polar surface area (TPSA) is 92.3 Å². The van der Waals surface area contributed by atoms with Crippen molar-refractivity contribution in [3.05, 3.63) is 59.7 Å². The lowest BCUT2D eigenvalue weighted by molar-refractivity contribution is 0.0911. The Morgan fingerprint density at radius 1 is 0.963 bits per heavy atom. The van der Waals surface area contributed by atoms with Crippen molar-refractivity contribution in [3.63, 3.8) is 0 Å². The Bertz CT molecular complexity index is 948. The fourth-order valence-electron chi connectivity index (χ4n) is 2.35. The number of carbonyl (C=O) groups is 2. The van der Waals surface area contributed by atoms with E-state index in [0.717, 1.165) is 12.7 Å². The van der Waals surface area contributed by atoms with Gasteiger partial charge >= 0.3 is 0 Å². The van der Waals surface area contributed by atoms with Crippen LogP contribution in [0.4, 0.5) is 5.69 Å². The first-order valence-corrected chi connectivity index (χ1v) is 10.5.